The average molecular weight is 425 g/mol. The van der Waals surface area contributed by atoms with Gasteiger partial charge in [0.2, 0.25) is 0 Å². The van der Waals surface area contributed by atoms with Crippen LogP contribution in [-0.2, 0) is 6.61 Å². The Morgan fingerprint density at radius 3 is 2.53 bits per heavy atom. The Morgan fingerprint density at radius 2 is 1.80 bits per heavy atom. The smallest absolute Gasteiger partial charge is 0.163 e. The lowest BCUT2D eigenvalue weighted by molar-refractivity contribution is 0.285. The molecule has 0 spiro atoms. The second-order valence-corrected chi connectivity index (χ2v) is 6.51. The average Bonchev–Trinajstić information content (AvgIpc) is 2.75. The largest absolute Gasteiger partial charge is 0.508 e. The van der Waals surface area contributed by atoms with Crippen LogP contribution in [0.2, 0.25) is 0 Å². The van der Waals surface area contributed by atoms with Crippen LogP contribution in [0.4, 0.5) is 11.5 Å². The van der Waals surface area contributed by atoms with Crippen molar-refractivity contribution in [1.82, 2.24) is 15.0 Å². The second kappa shape index (κ2) is 9.28. The Morgan fingerprint density at radius 1 is 1.00 bits per heavy atom. The number of aryl methyl sites for hydroxylation is 1. The van der Waals surface area contributed by atoms with Gasteiger partial charge in [0, 0.05) is 35.6 Å². The number of aromatic nitrogens is 3. The van der Waals surface area contributed by atoms with Crippen LogP contribution in [0.1, 0.15) is 11.1 Å². The molecule has 0 saturated carbocycles. The van der Waals surface area contributed by atoms with Crippen molar-refractivity contribution >= 4 is 34.8 Å². The molecule has 2 heterocycles. The maximum Gasteiger partial charge on any atom is 0.163 e. The normalized spacial score (nSPS) is 10.3. The van der Waals surface area contributed by atoms with E-state index in [-0.39, 0.29) is 18.2 Å². The number of ether oxygens (including phenoxy) is 2. The number of benzene rings is 2. The van der Waals surface area contributed by atoms with Crippen molar-refractivity contribution in [3.63, 3.8) is 0 Å². The van der Waals surface area contributed by atoms with E-state index in [9.17, 15) is 5.11 Å². The molecule has 0 atom stereocenters. The van der Waals surface area contributed by atoms with Crippen LogP contribution >= 0.6 is 12.4 Å². The monoisotopic (exact) mass is 424 g/mol. The number of phenols is 1. The lowest BCUT2D eigenvalue weighted by atomic mass is 10.2. The van der Waals surface area contributed by atoms with Crippen LogP contribution in [0.5, 0.6) is 17.2 Å². The number of rotatable bonds is 6. The third-order valence-corrected chi connectivity index (χ3v) is 4.54. The van der Waals surface area contributed by atoms with Crippen molar-refractivity contribution in [3.8, 4) is 17.2 Å². The van der Waals surface area contributed by atoms with Gasteiger partial charge in [0.25, 0.3) is 0 Å². The highest BCUT2D eigenvalue weighted by Gasteiger charge is 2.12. The van der Waals surface area contributed by atoms with Gasteiger partial charge in [-0.1, -0.05) is 6.07 Å². The molecule has 0 aliphatic carbocycles. The van der Waals surface area contributed by atoms with E-state index in [0.29, 0.717) is 29.4 Å². The van der Waals surface area contributed by atoms with Crippen LogP contribution in [-0.4, -0.2) is 27.2 Å². The fourth-order valence-corrected chi connectivity index (χ4v) is 2.90. The van der Waals surface area contributed by atoms with Gasteiger partial charge in [-0.25, -0.2) is 9.97 Å². The third-order valence-electron chi connectivity index (χ3n) is 4.54. The van der Waals surface area contributed by atoms with Crippen LogP contribution in [0.25, 0.3) is 10.9 Å². The Balaban J connectivity index is 0.00000256. The van der Waals surface area contributed by atoms with Gasteiger partial charge in [0.15, 0.2) is 11.5 Å². The minimum atomic E-state index is 0. The topological polar surface area (TPSA) is 89.4 Å². The second-order valence-electron chi connectivity index (χ2n) is 6.51. The van der Waals surface area contributed by atoms with E-state index in [1.165, 1.54) is 6.33 Å². The number of fused-ring (bicyclic) bond motifs is 1. The number of anilines is 2. The van der Waals surface area contributed by atoms with Crippen LogP contribution in [0, 0.1) is 6.92 Å². The molecule has 0 fully saturated rings. The molecule has 4 rings (SSSR count). The van der Waals surface area contributed by atoms with Crippen molar-refractivity contribution in [2.45, 2.75) is 13.5 Å². The standard InChI is InChI=1S/C22H20N4O3.ClH/c1-14-3-4-16(9-19(14)27)26-22-17-10-20(28-2)21(11-18(17)24-13-25-22)29-12-15-5-7-23-8-6-15;/h3-11,13,27H,12H2,1-2H3,(H,24,25,26);1H. The Hall–Kier alpha value is -3.58. The first-order chi connectivity index (χ1) is 14.1. The number of pyridine rings is 1. The SMILES string of the molecule is COc1cc2c(Nc3ccc(C)c(O)c3)ncnc2cc1OCc1ccncc1.Cl. The van der Waals surface area contributed by atoms with E-state index >= 15 is 0 Å². The number of phenolic OH excluding ortho intramolecular Hbond substituents is 1. The summed E-state index contributed by atoms with van der Waals surface area (Å²) in [5.74, 6) is 2.00. The summed E-state index contributed by atoms with van der Waals surface area (Å²) in [6.07, 6.45) is 4.94. The van der Waals surface area contributed by atoms with Crippen LogP contribution in [0.3, 0.4) is 0 Å². The number of halogens is 1. The first-order valence-electron chi connectivity index (χ1n) is 9.05. The predicted molar refractivity (Wildman–Crippen MR) is 118 cm³/mol. The molecule has 4 aromatic rings. The molecule has 0 unspecified atom stereocenters. The zero-order valence-corrected chi connectivity index (χ0v) is 17.3. The summed E-state index contributed by atoms with van der Waals surface area (Å²) >= 11 is 0. The minimum Gasteiger partial charge on any atom is -0.508 e. The number of hydrogen-bond donors (Lipinski definition) is 2. The van der Waals surface area contributed by atoms with Crippen LogP contribution in [0.15, 0.2) is 61.2 Å². The summed E-state index contributed by atoms with van der Waals surface area (Å²) < 4.78 is 11.5. The van der Waals surface area contributed by atoms with Crippen molar-refractivity contribution in [2.75, 3.05) is 12.4 Å². The Kier molecular flexibility index (Phi) is 6.54. The Bertz CT molecular complexity index is 1160. The van der Waals surface area contributed by atoms with Crippen molar-refractivity contribution in [3.05, 3.63) is 72.3 Å². The molecular weight excluding hydrogens is 404 g/mol. The quantitative estimate of drug-likeness (QED) is 0.459. The number of hydrogen-bond acceptors (Lipinski definition) is 7. The summed E-state index contributed by atoms with van der Waals surface area (Å²) in [5.41, 5.74) is 3.25. The first kappa shape index (κ1) is 21.1. The first-order valence-corrected chi connectivity index (χ1v) is 9.05. The highest BCUT2D eigenvalue weighted by molar-refractivity contribution is 5.93. The van der Waals surface area contributed by atoms with E-state index in [1.807, 2.05) is 43.3 Å². The lowest BCUT2D eigenvalue weighted by Crippen LogP contribution is -2.00. The van der Waals surface area contributed by atoms with E-state index in [4.69, 9.17) is 9.47 Å². The van der Waals surface area contributed by atoms with E-state index < -0.39 is 0 Å². The maximum absolute atomic E-state index is 9.95. The number of methoxy groups -OCH3 is 1. The molecule has 2 aromatic carbocycles. The van der Waals surface area contributed by atoms with Crippen LogP contribution < -0.4 is 14.8 Å². The van der Waals surface area contributed by atoms with Gasteiger partial charge in [-0.05, 0) is 42.3 Å². The number of nitrogens with zero attached hydrogens (tertiary/aromatic N) is 3. The molecule has 0 aliphatic rings. The van der Waals surface area contributed by atoms with E-state index in [0.717, 1.165) is 22.2 Å². The summed E-state index contributed by atoms with van der Waals surface area (Å²) in [6, 6.07) is 12.8. The molecule has 8 heteroatoms. The van der Waals surface area contributed by atoms with Gasteiger partial charge in [-0.3, -0.25) is 4.98 Å². The fourth-order valence-electron chi connectivity index (χ4n) is 2.90. The van der Waals surface area contributed by atoms with Gasteiger partial charge in [0.05, 0.1) is 12.6 Å². The lowest BCUT2D eigenvalue weighted by Gasteiger charge is -2.14. The summed E-state index contributed by atoms with van der Waals surface area (Å²) in [4.78, 5) is 12.7. The zero-order chi connectivity index (χ0) is 20.2. The van der Waals surface area contributed by atoms with Gasteiger partial charge in [-0.15, -0.1) is 12.4 Å². The molecule has 154 valence electrons. The van der Waals surface area contributed by atoms with Crippen molar-refractivity contribution in [2.24, 2.45) is 0 Å². The predicted octanol–water partition coefficient (Wildman–Crippen LogP) is 4.79. The maximum atomic E-state index is 9.95. The van der Waals surface area contributed by atoms with Gasteiger partial charge < -0.3 is 19.9 Å². The van der Waals surface area contributed by atoms with Gasteiger partial charge in [-0.2, -0.15) is 0 Å². The summed E-state index contributed by atoms with van der Waals surface area (Å²) in [7, 11) is 1.59. The molecule has 0 aliphatic heterocycles. The highest BCUT2D eigenvalue weighted by Crippen LogP contribution is 2.35. The Labute approximate surface area is 180 Å². The molecule has 2 N–H and O–H groups in total. The van der Waals surface area contributed by atoms with Crippen molar-refractivity contribution in [1.29, 1.82) is 0 Å². The number of aromatic hydroxyl groups is 1. The molecule has 2 aromatic heterocycles. The molecule has 30 heavy (non-hydrogen) atoms. The fraction of sp³-hybridized carbons (Fsp3) is 0.136. The minimum absolute atomic E-state index is 0. The highest BCUT2D eigenvalue weighted by atomic mass is 35.5. The summed E-state index contributed by atoms with van der Waals surface area (Å²) in [5, 5.41) is 14.0. The number of nitrogens with one attached hydrogen (secondary N) is 1. The molecule has 0 radical (unpaired) electrons. The third kappa shape index (κ3) is 4.52. The van der Waals surface area contributed by atoms with Crippen molar-refractivity contribution < 1.29 is 14.6 Å². The van der Waals surface area contributed by atoms with E-state index in [1.54, 1.807) is 25.6 Å². The summed E-state index contributed by atoms with van der Waals surface area (Å²) in [6.45, 7) is 2.24. The van der Waals surface area contributed by atoms with Gasteiger partial charge in [0.1, 0.15) is 24.5 Å². The molecule has 0 amide bonds. The van der Waals surface area contributed by atoms with Gasteiger partial charge >= 0.3 is 0 Å². The molecule has 0 saturated heterocycles. The zero-order valence-electron chi connectivity index (χ0n) is 16.5. The molecular formula is C22H21ClN4O3. The van der Waals surface area contributed by atoms with E-state index in [2.05, 4.69) is 20.3 Å². The molecule has 7 nitrogen and oxygen atoms in total. The molecule has 0 bridgehead atoms.